The Morgan fingerprint density at radius 3 is 1.88 bits per heavy atom. The number of hydrogen-bond acceptors (Lipinski definition) is 7. The zero-order valence-corrected chi connectivity index (χ0v) is 25.3. The van der Waals surface area contributed by atoms with Crippen molar-refractivity contribution in [3.8, 4) is 0 Å². The van der Waals surface area contributed by atoms with Crippen molar-refractivity contribution in [3.63, 3.8) is 0 Å². The van der Waals surface area contributed by atoms with Gasteiger partial charge in [-0.1, -0.05) is 20.8 Å². The number of nitrogens with one attached hydrogen (secondary N) is 3. The molecule has 6 N–H and O–H groups in total. The number of amides is 3. The molecule has 0 aromatic carbocycles. The van der Waals surface area contributed by atoms with E-state index in [1.54, 1.807) is 13.8 Å². The fraction of sp³-hybridized carbons (Fsp3) is 0.767. The Hall–Kier alpha value is -3.51. The minimum atomic E-state index is -1.29. The maximum absolute atomic E-state index is 12.8. The molecule has 2 aliphatic rings. The van der Waals surface area contributed by atoms with Gasteiger partial charge in [-0.15, -0.1) is 0 Å². The topological polar surface area (TPSA) is 216 Å². The molecule has 43 heavy (non-hydrogen) atoms. The standard InChI is InChI=1S/C30H47N3O10/c1-16(2)28(40)22(9-11-26(36)37)32-24(34)10-8-23(30(42)43)33-29(41)19-6-4-18(5-7-19)15-31-25(35)13-20-12-21(17(20)3)14-27(38)39/h16-23H,4-15H2,1-3H3,(H,31,35)(H,32,34)(H,33,41)(H,36,37)(H,38,39)(H,42,43)/t17?,18?,19?,20?,21?,22-,23-/m0/s1. The van der Waals surface area contributed by atoms with Crippen molar-refractivity contribution in [2.75, 3.05) is 6.54 Å². The van der Waals surface area contributed by atoms with Crippen molar-refractivity contribution >= 4 is 41.4 Å². The van der Waals surface area contributed by atoms with Crippen molar-refractivity contribution in [2.24, 2.45) is 35.5 Å². The van der Waals surface area contributed by atoms with Gasteiger partial charge in [0.05, 0.1) is 6.04 Å². The summed E-state index contributed by atoms with van der Waals surface area (Å²) in [4.78, 5) is 83.6. The van der Waals surface area contributed by atoms with Gasteiger partial charge < -0.3 is 31.3 Å². The summed E-state index contributed by atoms with van der Waals surface area (Å²) in [5.74, 6) is -4.65. The minimum absolute atomic E-state index is 0.0550. The molecule has 13 nitrogen and oxygen atoms in total. The molecule has 0 heterocycles. The van der Waals surface area contributed by atoms with E-state index in [0.29, 0.717) is 38.6 Å². The Balaban J connectivity index is 1.73. The van der Waals surface area contributed by atoms with Crippen LogP contribution < -0.4 is 16.0 Å². The molecule has 0 spiro atoms. The van der Waals surface area contributed by atoms with Crippen LogP contribution in [0.15, 0.2) is 0 Å². The molecule has 13 heteroatoms. The average Bonchev–Trinajstić information content (AvgIpc) is 2.94. The van der Waals surface area contributed by atoms with E-state index in [-0.39, 0.29) is 73.4 Å². The maximum Gasteiger partial charge on any atom is 0.326 e. The Morgan fingerprint density at radius 1 is 0.744 bits per heavy atom. The Morgan fingerprint density at radius 2 is 1.35 bits per heavy atom. The number of carbonyl (C=O) groups excluding carboxylic acids is 4. The molecule has 2 saturated carbocycles. The van der Waals surface area contributed by atoms with Crippen LogP contribution in [0.3, 0.4) is 0 Å². The quantitative estimate of drug-likeness (QED) is 0.133. The fourth-order valence-corrected chi connectivity index (χ4v) is 6.01. The monoisotopic (exact) mass is 609 g/mol. The minimum Gasteiger partial charge on any atom is -0.481 e. The van der Waals surface area contributed by atoms with Crippen molar-refractivity contribution in [2.45, 2.75) is 103 Å². The van der Waals surface area contributed by atoms with E-state index in [9.17, 15) is 38.7 Å². The van der Waals surface area contributed by atoms with E-state index in [0.717, 1.165) is 6.42 Å². The van der Waals surface area contributed by atoms with Crippen LogP contribution in [0.4, 0.5) is 0 Å². The number of rotatable bonds is 18. The lowest BCUT2D eigenvalue weighted by atomic mass is 9.63. The number of Topliss-reactive ketones (excluding diaryl/α,β-unsaturated/α-hetero) is 1. The summed E-state index contributed by atoms with van der Waals surface area (Å²) in [7, 11) is 0. The zero-order chi connectivity index (χ0) is 32.3. The smallest absolute Gasteiger partial charge is 0.326 e. The third kappa shape index (κ3) is 11.9. The number of carboxylic acids is 3. The Bertz CT molecular complexity index is 1040. The van der Waals surface area contributed by atoms with Crippen LogP contribution in [-0.4, -0.2) is 75.4 Å². The number of aliphatic carboxylic acids is 3. The molecule has 0 aliphatic heterocycles. The summed E-state index contributed by atoms with van der Waals surface area (Å²) in [6, 6.07) is -2.28. The predicted molar refractivity (Wildman–Crippen MR) is 154 cm³/mol. The second-order valence-corrected chi connectivity index (χ2v) is 12.5. The van der Waals surface area contributed by atoms with Crippen LogP contribution in [0.1, 0.15) is 91.4 Å². The van der Waals surface area contributed by atoms with E-state index >= 15 is 0 Å². The summed E-state index contributed by atoms with van der Waals surface area (Å²) >= 11 is 0. The molecular formula is C30H47N3O10. The van der Waals surface area contributed by atoms with Gasteiger partial charge >= 0.3 is 17.9 Å². The van der Waals surface area contributed by atoms with Gasteiger partial charge in [-0.25, -0.2) is 4.79 Å². The molecule has 2 fully saturated rings. The first-order chi connectivity index (χ1) is 20.2. The lowest BCUT2D eigenvalue weighted by Crippen LogP contribution is -2.46. The van der Waals surface area contributed by atoms with Crippen molar-refractivity contribution < 1.29 is 48.9 Å². The first-order valence-corrected chi connectivity index (χ1v) is 15.2. The molecule has 3 unspecified atom stereocenters. The van der Waals surface area contributed by atoms with E-state index in [4.69, 9.17) is 10.2 Å². The van der Waals surface area contributed by atoms with E-state index < -0.39 is 47.7 Å². The summed E-state index contributed by atoms with van der Waals surface area (Å²) in [6.07, 6.45) is 2.90. The van der Waals surface area contributed by atoms with Gasteiger partial charge in [0.15, 0.2) is 5.78 Å². The van der Waals surface area contributed by atoms with Gasteiger partial charge in [0.2, 0.25) is 17.7 Å². The maximum atomic E-state index is 12.8. The van der Waals surface area contributed by atoms with E-state index in [2.05, 4.69) is 16.0 Å². The second-order valence-electron chi connectivity index (χ2n) is 12.5. The highest BCUT2D eigenvalue weighted by atomic mass is 16.4. The zero-order valence-electron chi connectivity index (χ0n) is 25.3. The van der Waals surface area contributed by atoms with Crippen LogP contribution in [0.2, 0.25) is 0 Å². The first-order valence-electron chi connectivity index (χ1n) is 15.2. The van der Waals surface area contributed by atoms with Gasteiger partial charge in [0.1, 0.15) is 6.04 Å². The van der Waals surface area contributed by atoms with Gasteiger partial charge in [-0.05, 0) is 68.6 Å². The summed E-state index contributed by atoms with van der Waals surface area (Å²) in [5, 5.41) is 35.5. The molecule has 3 amide bonds. The average molecular weight is 610 g/mol. The molecule has 2 aliphatic carbocycles. The fourth-order valence-electron chi connectivity index (χ4n) is 6.01. The van der Waals surface area contributed by atoms with Crippen molar-refractivity contribution in [1.29, 1.82) is 0 Å². The van der Waals surface area contributed by atoms with E-state index in [1.807, 2.05) is 6.92 Å². The van der Waals surface area contributed by atoms with E-state index in [1.165, 1.54) is 0 Å². The third-order valence-corrected chi connectivity index (χ3v) is 8.95. The lowest BCUT2D eigenvalue weighted by Gasteiger charge is -2.42. The largest absolute Gasteiger partial charge is 0.481 e. The molecule has 2 rings (SSSR count). The normalized spacial score (nSPS) is 24.6. The molecule has 0 aromatic rings. The van der Waals surface area contributed by atoms with Crippen LogP contribution in [0, 0.1) is 35.5 Å². The molecular weight excluding hydrogens is 562 g/mol. The van der Waals surface area contributed by atoms with Gasteiger partial charge in [0, 0.05) is 44.1 Å². The predicted octanol–water partition coefficient (Wildman–Crippen LogP) is 1.97. The van der Waals surface area contributed by atoms with Crippen molar-refractivity contribution in [3.05, 3.63) is 0 Å². The number of carbonyl (C=O) groups is 7. The van der Waals surface area contributed by atoms with Gasteiger partial charge in [0.25, 0.3) is 0 Å². The SMILES string of the molecule is CC(C)C(=O)[C@H](CCC(=O)O)NC(=O)CC[C@H](NC(=O)C1CCC(CNC(=O)CC2CC(CC(=O)O)C2C)CC1)C(=O)O. The summed E-state index contributed by atoms with van der Waals surface area (Å²) in [5.41, 5.74) is 0. The lowest BCUT2D eigenvalue weighted by molar-refractivity contribution is -0.143. The third-order valence-electron chi connectivity index (χ3n) is 8.95. The highest BCUT2D eigenvalue weighted by Gasteiger charge is 2.39. The molecule has 0 aromatic heterocycles. The Kier molecular flexibility index (Phi) is 14.1. The van der Waals surface area contributed by atoms with Crippen LogP contribution in [0.5, 0.6) is 0 Å². The molecule has 242 valence electrons. The highest BCUT2D eigenvalue weighted by molar-refractivity contribution is 5.91. The van der Waals surface area contributed by atoms with Gasteiger partial charge in [-0.2, -0.15) is 0 Å². The first kappa shape index (κ1) is 35.7. The Labute approximate surface area is 251 Å². The molecule has 0 bridgehead atoms. The second kappa shape index (κ2) is 17.0. The number of carboxylic acid groups (broad SMARTS) is 3. The molecule has 0 radical (unpaired) electrons. The van der Waals surface area contributed by atoms with Crippen molar-refractivity contribution in [1.82, 2.24) is 16.0 Å². The van der Waals surface area contributed by atoms with Crippen LogP contribution in [-0.2, 0) is 33.6 Å². The number of hydrogen-bond donors (Lipinski definition) is 6. The van der Waals surface area contributed by atoms with Crippen LogP contribution in [0.25, 0.3) is 0 Å². The summed E-state index contributed by atoms with van der Waals surface area (Å²) in [6.45, 7) is 5.76. The number of ketones is 1. The summed E-state index contributed by atoms with van der Waals surface area (Å²) < 4.78 is 0. The highest BCUT2D eigenvalue weighted by Crippen LogP contribution is 2.44. The molecule has 5 atom stereocenters. The van der Waals surface area contributed by atoms with Gasteiger partial charge in [-0.3, -0.25) is 28.8 Å². The molecule has 0 saturated heterocycles. The van der Waals surface area contributed by atoms with Crippen LogP contribution >= 0.6 is 0 Å².